The van der Waals surface area contributed by atoms with Crippen molar-refractivity contribution in [2.24, 2.45) is 22.7 Å². The topological polar surface area (TPSA) is 39.7 Å². The summed E-state index contributed by atoms with van der Waals surface area (Å²) in [4.78, 5) is 5.77. The first-order chi connectivity index (χ1) is 11.8. The van der Waals surface area contributed by atoms with Gasteiger partial charge in [0.05, 0.1) is 6.54 Å². The summed E-state index contributed by atoms with van der Waals surface area (Å²) in [6.07, 6.45) is 1.52. The fourth-order valence-electron chi connectivity index (χ4n) is 4.04. The fourth-order valence-corrected chi connectivity index (χ4v) is 4.04. The first-order valence-electron chi connectivity index (χ1n) is 9.53. The van der Waals surface area contributed by atoms with Gasteiger partial charge >= 0.3 is 6.18 Å². The van der Waals surface area contributed by atoms with Crippen molar-refractivity contribution < 1.29 is 13.2 Å². The number of rotatable bonds is 5. The van der Waals surface area contributed by atoms with Crippen molar-refractivity contribution in [3.8, 4) is 0 Å². The lowest BCUT2D eigenvalue weighted by Gasteiger charge is -2.32. The van der Waals surface area contributed by atoms with Crippen LogP contribution in [0.5, 0.6) is 0 Å². The second-order valence-corrected chi connectivity index (χ2v) is 7.96. The van der Waals surface area contributed by atoms with E-state index in [0.717, 1.165) is 37.1 Å². The number of aliphatic imine (C=N–C) groups is 1. The molecule has 1 saturated heterocycles. The zero-order valence-corrected chi connectivity index (χ0v) is 18.4. The number of nitrogens with one attached hydrogen (secondary N) is 2. The van der Waals surface area contributed by atoms with Crippen LogP contribution in [-0.2, 0) is 0 Å². The maximum atomic E-state index is 12.5. The van der Waals surface area contributed by atoms with E-state index in [1.807, 2.05) is 0 Å². The maximum Gasteiger partial charge on any atom is 0.401 e. The summed E-state index contributed by atoms with van der Waals surface area (Å²) in [6.45, 7) is 5.50. The lowest BCUT2D eigenvalue weighted by atomic mass is 9.80. The van der Waals surface area contributed by atoms with Crippen LogP contribution in [0.3, 0.4) is 0 Å². The van der Waals surface area contributed by atoms with Crippen LogP contribution in [0.15, 0.2) is 4.99 Å². The van der Waals surface area contributed by atoms with Crippen LogP contribution >= 0.6 is 24.0 Å². The molecule has 1 aliphatic carbocycles. The molecule has 1 atom stereocenters. The maximum absolute atomic E-state index is 12.5. The van der Waals surface area contributed by atoms with Gasteiger partial charge in [-0.05, 0) is 56.4 Å². The largest absolute Gasteiger partial charge is 0.401 e. The minimum Gasteiger partial charge on any atom is -0.356 e. The second kappa shape index (κ2) is 10.9. The summed E-state index contributed by atoms with van der Waals surface area (Å²) in [5.74, 6) is 2.60. The van der Waals surface area contributed by atoms with Crippen LogP contribution in [0.4, 0.5) is 13.2 Å². The van der Waals surface area contributed by atoms with Gasteiger partial charge in [0.15, 0.2) is 5.96 Å². The molecule has 0 aromatic heterocycles. The van der Waals surface area contributed by atoms with Crippen molar-refractivity contribution in [3.05, 3.63) is 0 Å². The summed E-state index contributed by atoms with van der Waals surface area (Å²) < 4.78 is 37.4. The molecule has 2 rings (SSSR count). The van der Waals surface area contributed by atoms with E-state index in [0.29, 0.717) is 25.7 Å². The lowest BCUT2D eigenvalue weighted by molar-refractivity contribution is -0.143. The number of nitrogens with zero attached hydrogens (tertiary/aromatic N) is 2. The Morgan fingerprint density at radius 2 is 1.81 bits per heavy atom. The first kappa shape index (κ1) is 23.8. The van der Waals surface area contributed by atoms with Gasteiger partial charge in [-0.2, -0.15) is 13.2 Å². The molecule has 0 aromatic rings. The van der Waals surface area contributed by atoms with E-state index in [1.54, 1.807) is 7.05 Å². The predicted octanol–water partition coefficient (Wildman–Crippen LogP) is 3.87. The summed E-state index contributed by atoms with van der Waals surface area (Å²) in [5, 5.41) is 6.79. The third kappa shape index (κ3) is 8.19. The highest BCUT2D eigenvalue weighted by atomic mass is 127. The van der Waals surface area contributed by atoms with Crippen molar-refractivity contribution in [1.82, 2.24) is 15.5 Å². The smallest absolute Gasteiger partial charge is 0.356 e. The molecule has 8 heteroatoms. The van der Waals surface area contributed by atoms with Gasteiger partial charge in [-0.15, -0.1) is 24.0 Å². The zero-order valence-electron chi connectivity index (χ0n) is 16.1. The van der Waals surface area contributed by atoms with Crippen molar-refractivity contribution in [2.75, 3.05) is 33.2 Å². The lowest BCUT2D eigenvalue weighted by Crippen LogP contribution is -2.46. The molecular formula is C18H34F3IN4. The molecule has 0 amide bonds. The molecule has 1 saturated carbocycles. The molecule has 154 valence electrons. The number of hydrogen-bond donors (Lipinski definition) is 2. The Balaban J connectivity index is 0.00000338. The molecule has 0 aromatic carbocycles. The zero-order chi connectivity index (χ0) is 18.4. The Morgan fingerprint density at radius 3 is 2.35 bits per heavy atom. The highest BCUT2D eigenvalue weighted by Crippen LogP contribution is 2.29. The predicted molar refractivity (Wildman–Crippen MR) is 111 cm³/mol. The molecule has 2 fully saturated rings. The molecule has 2 N–H and O–H groups in total. The second-order valence-electron chi connectivity index (χ2n) is 7.96. The Bertz CT molecular complexity index is 435. The Morgan fingerprint density at radius 1 is 1.15 bits per heavy atom. The van der Waals surface area contributed by atoms with Gasteiger partial charge in [-0.25, -0.2) is 0 Å². The van der Waals surface area contributed by atoms with E-state index in [4.69, 9.17) is 0 Å². The SMILES string of the molecule is CN=C(NCC1CCN(CC(F)(F)F)C1)NC1CCC(C(C)C)CC1.I. The number of likely N-dealkylation sites (tertiary alicyclic amines) is 1. The highest BCUT2D eigenvalue weighted by molar-refractivity contribution is 14.0. The summed E-state index contributed by atoms with van der Waals surface area (Å²) in [5.41, 5.74) is 0. The third-order valence-electron chi connectivity index (χ3n) is 5.61. The number of alkyl halides is 3. The van der Waals surface area contributed by atoms with Crippen LogP contribution in [0.2, 0.25) is 0 Å². The first-order valence-corrected chi connectivity index (χ1v) is 9.53. The van der Waals surface area contributed by atoms with Crippen molar-refractivity contribution in [3.63, 3.8) is 0 Å². The average Bonchev–Trinajstić information content (AvgIpc) is 2.97. The molecule has 1 unspecified atom stereocenters. The van der Waals surface area contributed by atoms with E-state index < -0.39 is 12.7 Å². The Hall–Kier alpha value is -0.250. The minimum absolute atomic E-state index is 0. The van der Waals surface area contributed by atoms with Gasteiger partial charge in [-0.3, -0.25) is 9.89 Å². The fraction of sp³-hybridized carbons (Fsp3) is 0.944. The number of halogens is 4. The Kier molecular flexibility index (Phi) is 9.99. The highest BCUT2D eigenvalue weighted by Gasteiger charge is 2.34. The van der Waals surface area contributed by atoms with Crippen molar-refractivity contribution in [2.45, 2.75) is 58.2 Å². The minimum atomic E-state index is -4.10. The van der Waals surface area contributed by atoms with Crippen molar-refractivity contribution >= 4 is 29.9 Å². The summed E-state index contributed by atoms with van der Waals surface area (Å²) in [6, 6.07) is 0.450. The van der Waals surface area contributed by atoms with Gasteiger partial charge in [0.25, 0.3) is 0 Å². The van der Waals surface area contributed by atoms with Crippen LogP contribution in [0.25, 0.3) is 0 Å². The quantitative estimate of drug-likeness (QED) is 0.349. The molecule has 1 heterocycles. The molecule has 26 heavy (non-hydrogen) atoms. The molecule has 1 aliphatic heterocycles. The van der Waals surface area contributed by atoms with E-state index in [9.17, 15) is 13.2 Å². The summed E-state index contributed by atoms with van der Waals surface area (Å²) >= 11 is 0. The standard InChI is InChI=1S/C18H33F3N4.HI/c1-13(2)15-4-6-16(7-5-15)24-17(22-3)23-10-14-8-9-25(11-14)12-18(19,20)21;/h13-16H,4-12H2,1-3H3,(H2,22,23,24);1H. The number of guanidine groups is 1. The van der Waals surface area contributed by atoms with E-state index in [1.165, 1.54) is 17.7 Å². The molecule has 0 spiro atoms. The van der Waals surface area contributed by atoms with E-state index >= 15 is 0 Å². The monoisotopic (exact) mass is 490 g/mol. The van der Waals surface area contributed by atoms with Crippen LogP contribution in [0.1, 0.15) is 46.0 Å². The Labute approximate surface area is 172 Å². The molecular weight excluding hydrogens is 456 g/mol. The van der Waals surface area contributed by atoms with Crippen LogP contribution in [-0.4, -0.2) is 56.3 Å². The van der Waals surface area contributed by atoms with Gasteiger partial charge in [0.2, 0.25) is 0 Å². The summed E-state index contributed by atoms with van der Waals surface area (Å²) in [7, 11) is 1.75. The van der Waals surface area contributed by atoms with Crippen LogP contribution in [0, 0.1) is 17.8 Å². The molecule has 0 radical (unpaired) electrons. The van der Waals surface area contributed by atoms with Gasteiger partial charge < -0.3 is 10.6 Å². The van der Waals surface area contributed by atoms with Gasteiger partial charge in [0, 0.05) is 26.2 Å². The molecule has 0 bridgehead atoms. The van der Waals surface area contributed by atoms with Gasteiger partial charge in [-0.1, -0.05) is 13.8 Å². The van der Waals surface area contributed by atoms with Crippen molar-refractivity contribution in [1.29, 1.82) is 0 Å². The number of hydrogen-bond acceptors (Lipinski definition) is 2. The third-order valence-corrected chi connectivity index (χ3v) is 5.61. The average molecular weight is 490 g/mol. The van der Waals surface area contributed by atoms with E-state index in [-0.39, 0.29) is 29.9 Å². The molecule has 4 nitrogen and oxygen atoms in total. The van der Waals surface area contributed by atoms with Crippen LogP contribution < -0.4 is 10.6 Å². The molecule has 2 aliphatic rings. The normalized spacial score (nSPS) is 28.1. The van der Waals surface area contributed by atoms with Gasteiger partial charge in [0.1, 0.15) is 0 Å². The van der Waals surface area contributed by atoms with E-state index in [2.05, 4.69) is 29.5 Å².